The van der Waals surface area contributed by atoms with Gasteiger partial charge in [0.2, 0.25) is 14.2 Å². The number of ether oxygens (including phenoxy) is 4. The average molecular weight is 915 g/mol. The predicted molar refractivity (Wildman–Crippen MR) is 260 cm³/mol. The van der Waals surface area contributed by atoms with Gasteiger partial charge in [0, 0.05) is 31.6 Å². The minimum atomic E-state index is -2.09. The van der Waals surface area contributed by atoms with Crippen molar-refractivity contribution in [3.05, 3.63) is 107 Å². The van der Waals surface area contributed by atoms with E-state index in [1.807, 2.05) is 31.2 Å². The van der Waals surface area contributed by atoms with Crippen LogP contribution < -0.4 is 0 Å². The third kappa shape index (κ3) is 13.0. The van der Waals surface area contributed by atoms with E-state index in [4.69, 9.17) is 41.6 Å². The number of nitrogens with zero attached hydrogens (tertiary/aromatic N) is 2. The highest BCUT2D eigenvalue weighted by Crippen LogP contribution is 2.44. The highest BCUT2D eigenvalue weighted by molar-refractivity contribution is 6.74. The summed E-state index contributed by atoms with van der Waals surface area (Å²) >= 11 is 0. The van der Waals surface area contributed by atoms with Crippen LogP contribution in [-0.2, 0) is 34.4 Å². The third-order valence-electron chi connectivity index (χ3n) is 14.3. The second-order valence-corrected chi connectivity index (χ2v) is 29.7. The molecule has 3 aromatic rings. The van der Waals surface area contributed by atoms with Crippen molar-refractivity contribution in [3.8, 4) is 0 Å². The van der Waals surface area contributed by atoms with E-state index in [9.17, 15) is 0 Å². The van der Waals surface area contributed by atoms with Crippen LogP contribution in [-0.4, -0.2) is 69.8 Å². The first-order valence-corrected chi connectivity index (χ1v) is 29.4. The molecule has 2 fully saturated rings. The fraction of sp³-hybridized carbons (Fsp3) is 0.615. The van der Waals surface area contributed by atoms with Gasteiger partial charge in [-0.25, -0.2) is 9.97 Å². The highest BCUT2D eigenvalue weighted by Gasteiger charge is 2.48. The van der Waals surface area contributed by atoms with Crippen LogP contribution in [0.1, 0.15) is 129 Å². The second kappa shape index (κ2) is 22.0. The summed E-state index contributed by atoms with van der Waals surface area (Å²) in [6.07, 6.45) is 14.6. The van der Waals surface area contributed by atoms with Crippen LogP contribution in [0.25, 0.3) is 12.2 Å². The molecule has 5 heterocycles. The van der Waals surface area contributed by atoms with Crippen LogP contribution in [0, 0.1) is 18.8 Å². The Labute approximate surface area is 386 Å². The fourth-order valence-corrected chi connectivity index (χ4v) is 13.4. The molecule has 0 unspecified atom stereocenters. The summed E-state index contributed by atoms with van der Waals surface area (Å²) < 4.78 is 52.5. The molecule has 0 aliphatic carbocycles. The van der Waals surface area contributed by atoms with Crippen molar-refractivity contribution in [1.82, 2.24) is 9.97 Å². The Kier molecular flexibility index (Phi) is 17.2. The van der Waals surface area contributed by atoms with Crippen molar-refractivity contribution in [3.63, 3.8) is 0 Å². The Balaban J connectivity index is 1.15. The lowest BCUT2D eigenvalue weighted by Gasteiger charge is -2.49. The van der Waals surface area contributed by atoms with Crippen LogP contribution >= 0.6 is 0 Å². The van der Waals surface area contributed by atoms with Gasteiger partial charge in [0.05, 0.1) is 55.6 Å². The lowest BCUT2D eigenvalue weighted by Crippen LogP contribution is -2.55. The van der Waals surface area contributed by atoms with Crippen LogP contribution in [0.3, 0.4) is 0 Å². The van der Waals surface area contributed by atoms with Gasteiger partial charge in [-0.1, -0.05) is 104 Å². The van der Waals surface area contributed by atoms with Gasteiger partial charge in [-0.2, -0.15) is 0 Å². The quantitative estimate of drug-likeness (QED) is 0.0852. The average Bonchev–Trinajstić information content (AvgIpc) is 3.90. The molecule has 0 amide bonds. The van der Waals surface area contributed by atoms with Gasteiger partial charge in [-0.3, -0.25) is 0 Å². The minimum absolute atomic E-state index is 0.0282. The Morgan fingerprint density at radius 2 is 1.62 bits per heavy atom. The lowest BCUT2D eigenvalue weighted by molar-refractivity contribution is -0.143. The van der Waals surface area contributed by atoms with E-state index in [1.54, 1.807) is 12.5 Å². The number of hydrogen-bond donors (Lipinski definition) is 0. The van der Waals surface area contributed by atoms with Crippen molar-refractivity contribution < 1.29 is 36.6 Å². The molecular weight excluding hydrogens is 837 g/mol. The zero-order valence-electron chi connectivity index (χ0n) is 41.0. The molecule has 6 rings (SSSR count). The van der Waals surface area contributed by atoms with Gasteiger partial charge >= 0.3 is 0 Å². The van der Waals surface area contributed by atoms with Gasteiger partial charge in [0.25, 0.3) is 0 Å². The summed E-state index contributed by atoms with van der Waals surface area (Å²) in [7, 11) is -4.04. The first-order chi connectivity index (χ1) is 30.4. The first kappa shape index (κ1) is 50.1. The molecule has 0 N–H and O–H groups in total. The van der Waals surface area contributed by atoms with E-state index < -0.39 is 16.6 Å². The van der Waals surface area contributed by atoms with Crippen LogP contribution in [0.4, 0.5) is 0 Å². The summed E-state index contributed by atoms with van der Waals surface area (Å²) in [6.45, 7) is 32.4. The van der Waals surface area contributed by atoms with Crippen molar-refractivity contribution in [1.29, 1.82) is 0 Å². The molecule has 12 heteroatoms. The molecule has 0 radical (unpaired) electrons. The number of hydrogen-bond acceptors (Lipinski definition) is 10. The zero-order chi connectivity index (χ0) is 46.2. The Hall–Kier alpha value is -3.37. The van der Waals surface area contributed by atoms with Gasteiger partial charge in [0.1, 0.15) is 30.0 Å². The largest absolute Gasteiger partial charge is 0.547 e. The van der Waals surface area contributed by atoms with E-state index in [-0.39, 0.29) is 59.6 Å². The molecular formula is C52H78N2O8Si2. The van der Waals surface area contributed by atoms with Crippen molar-refractivity contribution >= 4 is 28.8 Å². The van der Waals surface area contributed by atoms with Crippen LogP contribution in [0.2, 0.25) is 36.3 Å². The molecule has 0 bridgehead atoms. The monoisotopic (exact) mass is 915 g/mol. The van der Waals surface area contributed by atoms with E-state index in [0.29, 0.717) is 44.3 Å². The topological polar surface area (TPSA) is 107 Å². The standard InChI is InChI=1S/C52H78N2O8Si2/c1-14-64(15-2,16-3)61-44-29-43(28-42-25-35(4)26-45(58-42)33-55-31-40-21-18-17-19-22-40)59-48(30-44)46-34-57-49(54-46)24-20-23-47-37(6)51(62-63(12,13)52(9,10)11)38(7)50(60-47)36(5)27-41-32-56-39(8)53-41/h17-22,24,27,29,32,34,37-38,42-43,45,47-48,50-51H,4,14-16,23,25-26,28,30-31,33H2,1-3,5-13H3/b24-20+,36-27+/t37-,38-,42+,43-,45+,47+,48-,50-,51-/m0/s1. The zero-order valence-corrected chi connectivity index (χ0v) is 43.0. The fourth-order valence-electron chi connectivity index (χ4n) is 9.26. The number of aromatic nitrogens is 2. The maximum atomic E-state index is 7.22. The smallest absolute Gasteiger partial charge is 0.250 e. The lowest BCUT2D eigenvalue weighted by atomic mass is 9.79. The summed E-state index contributed by atoms with van der Waals surface area (Å²) in [6, 6.07) is 13.4. The van der Waals surface area contributed by atoms with Crippen LogP contribution in [0.5, 0.6) is 0 Å². The second-order valence-electron chi connectivity index (χ2n) is 20.2. The Morgan fingerprint density at radius 3 is 2.30 bits per heavy atom. The van der Waals surface area contributed by atoms with Gasteiger partial charge in [-0.05, 0) is 91.8 Å². The van der Waals surface area contributed by atoms with Gasteiger partial charge < -0.3 is 36.6 Å². The van der Waals surface area contributed by atoms with E-state index in [1.165, 1.54) is 5.57 Å². The molecule has 10 nitrogen and oxygen atoms in total. The molecule has 1 aromatic carbocycles. The first-order valence-electron chi connectivity index (χ1n) is 24.0. The number of benzene rings is 1. The summed E-state index contributed by atoms with van der Waals surface area (Å²) in [5, 5.41) is 0.0826. The molecule has 2 aromatic heterocycles. The molecule has 0 saturated carbocycles. The molecule has 64 heavy (non-hydrogen) atoms. The minimum Gasteiger partial charge on any atom is -0.547 e. The SMILES string of the molecule is C=C1C[C@H](C[C@H]2C=C(O[Si](CC)(CC)CC)C[C@@H](c3coc(/C=C/C[C@H]4O[C@@H](/C(C)=C/c5coc(C)n5)[C@H](C)[C@@H](O[Si](C)(C)C(C)(C)C)[C@H]4C)n3)O2)O[C@@H](COCc2ccccc2)C1. The molecule has 3 aliphatic heterocycles. The van der Waals surface area contributed by atoms with Crippen molar-refractivity contribution in [2.45, 2.75) is 187 Å². The maximum absolute atomic E-state index is 7.22. The maximum Gasteiger partial charge on any atom is 0.250 e. The van der Waals surface area contributed by atoms with Crippen LogP contribution in [0.15, 0.2) is 87.3 Å². The molecule has 0 spiro atoms. The summed E-state index contributed by atoms with van der Waals surface area (Å²) in [5.74, 6) is 2.49. The Bertz CT molecular complexity index is 2040. The molecule has 2 saturated heterocycles. The van der Waals surface area contributed by atoms with E-state index >= 15 is 0 Å². The molecule has 3 aliphatic rings. The summed E-state index contributed by atoms with van der Waals surface area (Å²) in [4.78, 5) is 9.53. The van der Waals surface area contributed by atoms with Crippen molar-refractivity contribution in [2.75, 3.05) is 6.61 Å². The third-order valence-corrected chi connectivity index (χ3v) is 23.4. The van der Waals surface area contributed by atoms with Gasteiger partial charge in [0.15, 0.2) is 14.2 Å². The number of oxazole rings is 2. The van der Waals surface area contributed by atoms with E-state index in [2.05, 4.69) is 117 Å². The highest BCUT2D eigenvalue weighted by atomic mass is 28.4. The van der Waals surface area contributed by atoms with Crippen molar-refractivity contribution in [2.24, 2.45) is 11.8 Å². The predicted octanol–water partition coefficient (Wildman–Crippen LogP) is 13.4. The Morgan fingerprint density at radius 1 is 0.906 bits per heavy atom. The van der Waals surface area contributed by atoms with Gasteiger partial charge in [-0.15, -0.1) is 0 Å². The molecule has 352 valence electrons. The normalized spacial score (nSPS) is 27.6. The summed E-state index contributed by atoms with van der Waals surface area (Å²) in [5.41, 5.74) is 5.01. The molecule has 9 atom stereocenters. The van der Waals surface area contributed by atoms with E-state index in [0.717, 1.165) is 59.3 Å². The number of aryl methyl sites for hydroxylation is 1. The number of rotatable bonds is 19.